The van der Waals surface area contributed by atoms with Crippen LogP contribution in [0.2, 0.25) is 0 Å². The van der Waals surface area contributed by atoms with E-state index in [0.717, 1.165) is 12.8 Å². The Bertz CT molecular complexity index is 760. The molecule has 26 heavy (non-hydrogen) atoms. The Morgan fingerprint density at radius 3 is 2.35 bits per heavy atom. The summed E-state index contributed by atoms with van der Waals surface area (Å²) < 4.78 is 49.8. The van der Waals surface area contributed by atoms with Crippen LogP contribution in [0.15, 0.2) is 29.2 Å². The molecule has 1 heterocycles. The lowest BCUT2D eigenvalue weighted by Gasteiger charge is -2.39. The third kappa shape index (κ3) is 3.98. The number of carbonyl (C=O) groups is 1. The SMILES string of the molecule is CC(C(=O)NC1CC1)N1CCN(c2ccccc2S(=O)(=O)C(F)F)CC1. The minimum Gasteiger partial charge on any atom is -0.368 e. The molecule has 1 unspecified atom stereocenters. The largest absolute Gasteiger partial charge is 0.368 e. The van der Waals surface area contributed by atoms with Crippen LogP contribution >= 0.6 is 0 Å². The van der Waals surface area contributed by atoms with Crippen LogP contribution in [0.5, 0.6) is 0 Å². The Morgan fingerprint density at radius 1 is 1.15 bits per heavy atom. The molecular formula is C17H23F2N3O3S. The monoisotopic (exact) mass is 387 g/mol. The maximum atomic E-state index is 13.0. The summed E-state index contributed by atoms with van der Waals surface area (Å²) in [5, 5.41) is 2.98. The number of amides is 1. The second-order valence-corrected chi connectivity index (χ2v) is 8.64. The van der Waals surface area contributed by atoms with Gasteiger partial charge in [-0.3, -0.25) is 9.69 Å². The molecule has 1 aromatic carbocycles. The molecule has 1 aliphatic carbocycles. The van der Waals surface area contributed by atoms with E-state index in [1.165, 1.54) is 12.1 Å². The maximum Gasteiger partial charge on any atom is 0.341 e. The third-order valence-corrected chi connectivity index (χ3v) is 6.34. The number of halogens is 2. The minimum atomic E-state index is -4.66. The fraction of sp³-hybridized carbons (Fsp3) is 0.588. The topological polar surface area (TPSA) is 69.7 Å². The number of hydrogen-bond acceptors (Lipinski definition) is 5. The zero-order valence-electron chi connectivity index (χ0n) is 14.6. The molecule has 144 valence electrons. The number of nitrogens with zero attached hydrogens (tertiary/aromatic N) is 2. The van der Waals surface area contributed by atoms with Crippen molar-refractivity contribution in [1.82, 2.24) is 10.2 Å². The van der Waals surface area contributed by atoms with E-state index in [2.05, 4.69) is 5.32 Å². The van der Waals surface area contributed by atoms with Gasteiger partial charge in [0, 0.05) is 32.2 Å². The number of sulfone groups is 1. The first-order valence-electron chi connectivity index (χ1n) is 8.71. The van der Waals surface area contributed by atoms with Gasteiger partial charge in [0.1, 0.15) is 0 Å². The average Bonchev–Trinajstić information content (AvgIpc) is 3.45. The highest BCUT2D eigenvalue weighted by molar-refractivity contribution is 7.91. The van der Waals surface area contributed by atoms with Gasteiger partial charge in [-0.05, 0) is 31.9 Å². The predicted octanol–water partition coefficient (Wildman–Crippen LogP) is 1.47. The highest BCUT2D eigenvalue weighted by Crippen LogP contribution is 2.30. The standard InChI is InChI=1S/C17H23F2N3O3S/c1-12(16(23)20-13-6-7-13)21-8-10-22(11-9-21)14-4-2-3-5-15(14)26(24,25)17(18)19/h2-5,12-13,17H,6-11H2,1H3,(H,20,23). The summed E-state index contributed by atoms with van der Waals surface area (Å²) in [7, 11) is -4.66. The van der Waals surface area contributed by atoms with Gasteiger partial charge < -0.3 is 10.2 Å². The molecule has 0 radical (unpaired) electrons. The fourth-order valence-electron chi connectivity index (χ4n) is 3.12. The van der Waals surface area contributed by atoms with E-state index in [1.807, 2.05) is 11.8 Å². The molecule has 6 nitrogen and oxygen atoms in total. The molecule has 1 saturated carbocycles. The quantitative estimate of drug-likeness (QED) is 0.801. The lowest BCUT2D eigenvalue weighted by molar-refractivity contribution is -0.126. The van der Waals surface area contributed by atoms with Crippen LogP contribution in [0.4, 0.5) is 14.5 Å². The first-order chi connectivity index (χ1) is 12.3. The lowest BCUT2D eigenvalue weighted by Crippen LogP contribution is -2.54. The number of carbonyl (C=O) groups excluding carboxylic acids is 1. The number of piperazine rings is 1. The van der Waals surface area contributed by atoms with Crippen molar-refractivity contribution in [3.8, 4) is 0 Å². The van der Waals surface area contributed by atoms with E-state index >= 15 is 0 Å². The first kappa shape index (κ1) is 19.0. The van der Waals surface area contributed by atoms with Crippen LogP contribution in [0.3, 0.4) is 0 Å². The van der Waals surface area contributed by atoms with Crippen molar-refractivity contribution in [1.29, 1.82) is 0 Å². The van der Waals surface area contributed by atoms with E-state index in [9.17, 15) is 22.0 Å². The van der Waals surface area contributed by atoms with Crippen molar-refractivity contribution in [2.45, 2.75) is 42.5 Å². The van der Waals surface area contributed by atoms with E-state index in [-0.39, 0.29) is 16.8 Å². The summed E-state index contributed by atoms with van der Waals surface area (Å²) in [6.45, 7) is 3.90. The molecule has 1 saturated heterocycles. The van der Waals surface area contributed by atoms with Gasteiger partial charge in [0.15, 0.2) is 0 Å². The van der Waals surface area contributed by atoms with E-state index in [0.29, 0.717) is 37.9 Å². The number of rotatable bonds is 6. The van der Waals surface area contributed by atoms with Crippen molar-refractivity contribution >= 4 is 21.4 Å². The molecule has 3 rings (SSSR count). The molecule has 0 aromatic heterocycles. The molecule has 9 heteroatoms. The molecule has 1 aliphatic heterocycles. The van der Waals surface area contributed by atoms with Gasteiger partial charge in [0.2, 0.25) is 15.7 Å². The smallest absolute Gasteiger partial charge is 0.341 e. The Balaban J connectivity index is 1.68. The van der Waals surface area contributed by atoms with Crippen molar-refractivity contribution in [2.75, 3.05) is 31.1 Å². The molecule has 1 aromatic rings. The van der Waals surface area contributed by atoms with Crippen LogP contribution in [-0.2, 0) is 14.6 Å². The van der Waals surface area contributed by atoms with Gasteiger partial charge in [-0.2, -0.15) is 8.78 Å². The number of nitrogens with one attached hydrogen (secondary N) is 1. The predicted molar refractivity (Wildman–Crippen MR) is 94.0 cm³/mol. The van der Waals surface area contributed by atoms with Crippen molar-refractivity contribution in [3.05, 3.63) is 24.3 Å². The second-order valence-electron chi connectivity index (χ2n) is 6.76. The maximum absolute atomic E-state index is 13.0. The number of alkyl halides is 2. The number of benzene rings is 1. The summed E-state index contributed by atoms with van der Waals surface area (Å²) in [6.07, 6.45) is 2.06. The fourth-order valence-corrected chi connectivity index (χ4v) is 4.07. The Labute approximate surface area is 152 Å². The summed E-state index contributed by atoms with van der Waals surface area (Å²) in [5.41, 5.74) is 0.294. The Kier molecular flexibility index (Phi) is 5.47. The lowest BCUT2D eigenvalue weighted by atomic mass is 10.2. The molecule has 2 aliphatic rings. The van der Waals surface area contributed by atoms with Gasteiger partial charge in [-0.1, -0.05) is 12.1 Å². The molecular weight excluding hydrogens is 364 g/mol. The average molecular weight is 387 g/mol. The number of para-hydroxylation sites is 1. The van der Waals surface area contributed by atoms with Gasteiger partial charge >= 0.3 is 5.76 Å². The van der Waals surface area contributed by atoms with Crippen LogP contribution in [0, 0.1) is 0 Å². The van der Waals surface area contributed by atoms with Crippen LogP contribution < -0.4 is 10.2 Å². The summed E-state index contributed by atoms with van der Waals surface area (Å²) in [4.78, 5) is 15.6. The number of hydrogen-bond donors (Lipinski definition) is 1. The van der Waals surface area contributed by atoms with Crippen molar-refractivity contribution in [3.63, 3.8) is 0 Å². The summed E-state index contributed by atoms with van der Waals surface area (Å²) in [6, 6.07) is 5.88. The summed E-state index contributed by atoms with van der Waals surface area (Å²) in [5.74, 6) is -3.45. The Morgan fingerprint density at radius 2 is 1.77 bits per heavy atom. The highest BCUT2D eigenvalue weighted by Gasteiger charge is 2.33. The van der Waals surface area contributed by atoms with Gasteiger partial charge in [-0.15, -0.1) is 0 Å². The molecule has 1 atom stereocenters. The summed E-state index contributed by atoms with van der Waals surface area (Å²) >= 11 is 0. The molecule has 1 amide bonds. The van der Waals surface area contributed by atoms with E-state index < -0.39 is 15.6 Å². The van der Waals surface area contributed by atoms with Gasteiger partial charge in [0.25, 0.3) is 0 Å². The molecule has 1 N–H and O–H groups in total. The highest BCUT2D eigenvalue weighted by atomic mass is 32.2. The second kappa shape index (κ2) is 7.48. The van der Waals surface area contributed by atoms with Crippen LogP contribution in [-0.4, -0.2) is 63.2 Å². The molecule has 0 bridgehead atoms. The van der Waals surface area contributed by atoms with E-state index in [1.54, 1.807) is 17.0 Å². The van der Waals surface area contributed by atoms with Crippen molar-refractivity contribution < 1.29 is 22.0 Å². The zero-order valence-corrected chi connectivity index (χ0v) is 15.4. The van der Waals surface area contributed by atoms with Gasteiger partial charge in [0.05, 0.1) is 16.6 Å². The first-order valence-corrected chi connectivity index (χ1v) is 10.3. The zero-order chi connectivity index (χ0) is 18.9. The van der Waals surface area contributed by atoms with Gasteiger partial charge in [-0.25, -0.2) is 8.42 Å². The third-order valence-electron chi connectivity index (χ3n) is 4.91. The Hall–Kier alpha value is -1.74. The normalized spacial score (nSPS) is 20.2. The van der Waals surface area contributed by atoms with E-state index in [4.69, 9.17) is 0 Å². The number of anilines is 1. The minimum absolute atomic E-state index is 0.00151. The molecule has 0 spiro atoms. The molecule has 2 fully saturated rings. The van der Waals surface area contributed by atoms with Crippen LogP contribution in [0.25, 0.3) is 0 Å². The van der Waals surface area contributed by atoms with Crippen LogP contribution in [0.1, 0.15) is 19.8 Å². The van der Waals surface area contributed by atoms with Crippen molar-refractivity contribution in [2.24, 2.45) is 0 Å².